The monoisotopic (exact) mass is 438 g/mol. The molecule has 6 heteroatoms. The third-order valence-corrected chi connectivity index (χ3v) is 5.74. The fourth-order valence-corrected chi connectivity index (χ4v) is 3.95. The second-order valence-electron chi connectivity index (χ2n) is 7.86. The Bertz CT molecular complexity index is 1400. The first kappa shape index (κ1) is 20.7. The van der Waals surface area contributed by atoms with E-state index in [9.17, 15) is 9.18 Å². The van der Waals surface area contributed by atoms with Crippen LogP contribution in [-0.2, 0) is 6.54 Å². The van der Waals surface area contributed by atoms with Crippen molar-refractivity contribution >= 4 is 11.4 Å². The molecule has 0 radical (unpaired) electrons. The fourth-order valence-electron chi connectivity index (χ4n) is 3.95. The molecule has 3 aromatic heterocycles. The molecule has 0 saturated carbocycles. The maximum Gasteiger partial charge on any atom is 0.274 e. The number of nitrogens with zero attached hydrogens (tertiary/aromatic N) is 4. The molecule has 0 atom stereocenters. The molecule has 2 aromatic carbocycles. The Morgan fingerprint density at radius 1 is 0.909 bits per heavy atom. The van der Waals surface area contributed by atoms with Gasteiger partial charge in [0.05, 0.1) is 0 Å². The van der Waals surface area contributed by atoms with E-state index in [1.165, 1.54) is 12.1 Å². The Balaban J connectivity index is 1.44. The lowest BCUT2D eigenvalue weighted by Crippen LogP contribution is -2.30. The largest absolute Gasteiger partial charge is 0.333 e. The first-order valence-corrected chi connectivity index (χ1v) is 10.9. The molecule has 3 heterocycles. The predicted molar refractivity (Wildman–Crippen MR) is 127 cm³/mol. The number of rotatable bonds is 6. The zero-order chi connectivity index (χ0) is 22.8. The SMILES string of the molecule is CCN(Cc1ccccc1)C(=O)c1ccn(-c2ccc3ccc(-c4ccc(F)cc4)cn23)n1. The lowest BCUT2D eigenvalue weighted by molar-refractivity contribution is 0.0746. The van der Waals surface area contributed by atoms with Crippen LogP contribution in [0.1, 0.15) is 23.0 Å². The smallest absolute Gasteiger partial charge is 0.274 e. The molecule has 0 spiro atoms. The van der Waals surface area contributed by atoms with E-state index < -0.39 is 0 Å². The highest BCUT2D eigenvalue weighted by atomic mass is 19.1. The predicted octanol–water partition coefficient (Wildman–Crippen LogP) is 5.59. The Morgan fingerprint density at radius 2 is 1.64 bits per heavy atom. The van der Waals surface area contributed by atoms with Crippen LogP contribution in [0.25, 0.3) is 22.5 Å². The fraction of sp³-hybridized carbons (Fsp3) is 0.111. The number of carbonyl (C=O) groups excluding carboxylic acids is 1. The lowest BCUT2D eigenvalue weighted by Gasteiger charge is -2.19. The molecule has 164 valence electrons. The highest BCUT2D eigenvalue weighted by Crippen LogP contribution is 2.23. The van der Waals surface area contributed by atoms with E-state index in [2.05, 4.69) is 5.10 Å². The average molecular weight is 439 g/mol. The molecule has 0 saturated heterocycles. The molecule has 0 unspecified atom stereocenters. The van der Waals surface area contributed by atoms with E-state index in [0.717, 1.165) is 28.0 Å². The maximum atomic E-state index is 13.3. The lowest BCUT2D eigenvalue weighted by atomic mass is 10.1. The number of halogens is 1. The van der Waals surface area contributed by atoms with Crippen molar-refractivity contribution in [3.63, 3.8) is 0 Å². The van der Waals surface area contributed by atoms with Crippen LogP contribution in [0, 0.1) is 5.82 Å². The van der Waals surface area contributed by atoms with Crippen molar-refractivity contribution in [2.24, 2.45) is 0 Å². The first-order chi connectivity index (χ1) is 16.1. The Hall–Kier alpha value is -4.19. The quantitative estimate of drug-likeness (QED) is 0.347. The van der Waals surface area contributed by atoms with Crippen LogP contribution >= 0.6 is 0 Å². The molecule has 5 rings (SSSR count). The Labute approximate surface area is 191 Å². The molecule has 5 nitrogen and oxygen atoms in total. The van der Waals surface area contributed by atoms with Gasteiger partial charge in [0, 0.05) is 31.0 Å². The topological polar surface area (TPSA) is 42.5 Å². The number of amides is 1. The number of pyridine rings is 1. The Morgan fingerprint density at radius 3 is 2.39 bits per heavy atom. The molecule has 1 amide bonds. The van der Waals surface area contributed by atoms with E-state index in [1.54, 1.807) is 34.0 Å². The minimum absolute atomic E-state index is 0.104. The molecule has 0 aliphatic heterocycles. The summed E-state index contributed by atoms with van der Waals surface area (Å²) in [5.74, 6) is 0.454. The van der Waals surface area contributed by atoms with E-state index >= 15 is 0 Å². The van der Waals surface area contributed by atoms with Crippen molar-refractivity contribution in [3.8, 4) is 16.9 Å². The van der Waals surface area contributed by atoms with E-state index in [-0.39, 0.29) is 11.7 Å². The molecule has 5 aromatic rings. The number of aromatic nitrogens is 3. The molecule has 33 heavy (non-hydrogen) atoms. The summed E-state index contributed by atoms with van der Waals surface area (Å²) < 4.78 is 17.0. The summed E-state index contributed by atoms with van der Waals surface area (Å²) in [5, 5.41) is 4.58. The van der Waals surface area contributed by atoms with Gasteiger partial charge in [-0.15, -0.1) is 0 Å². The summed E-state index contributed by atoms with van der Waals surface area (Å²) >= 11 is 0. The van der Waals surface area contributed by atoms with Gasteiger partial charge in [-0.25, -0.2) is 9.07 Å². The Kier molecular flexibility index (Phi) is 5.48. The van der Waals surface area contributed by atoms with Crippen LogP contribution < -0.4 is 0 Å². The standard InChI is InChI=1S/C27H23FN4O/c1-2-30(18-20-6-4-3-5-7-20)27(33)25-16-17-32(29-25)26-15-14-24-13-10-22(19-31(24)26)21-8-11-23(28)12-9-21/h3-17,19H,2,18H2,1H3. The molecular weight excluding hydrogens is 415 g/mol. The summed E-state index contributed by atoms with van der Waals surface area (Å²) in [6.45, 7) is 3.10. The van der Waals surface area contributed by atoms with E-state index in [0.29, 0.717) is 18.8 Å². The van der Waals surface area contributed by atoms with Crippen LogP contribution in [0.4, 0.5) is 4.39 Å². The zero-order valence-corrected chi connectivity index (χ0v) is 18.2. The molecule has 0 aliphatic rings. The highest BCUT2D eigenvalue weighted by Gasteiger charge is 2.18. The zero-order valence-electron chi connectivity index (χ0n) is 18.2. The minimum atomic E-state index is -0.261. The van der Waals surface area contributed by atoms with Crippen LogP contribution in [0.15, 0.2) is 97.3 Å². The summed E-state index contributed by atoms with van der Waals surface area (Å²) in [6, 6.07) is 26.1. The van der Waals surface area contributed by atoms with Crippen molar-refractivity contribution in [1.29, 1.82) is 0 Å². The third-order valence-electron chi connectivity index (χ3n) is 5.74. The van der Waals surface area contributed by atoms with E-state index in [4.69, 9.17) is 0 Å². The maximum absolute atomic E-state index is 13.3. The van der Waals surface area contributed by atoms with Gasteiger partial charge in [0.25, 0.3) is 5.91 Å². The number of benzene rings is 2. The van der Waals surface area contributed by atoms with Gasteiger partial charge in [-0.1, -0.05) is 48.5 Å². The van der Waals surface area contributed by atoms with Gasteiger partial charge in [0.1, 0.15) is 11.6 Å². The summed E-state index contributed by atoms with van der Waals surface area (Å²) in [5.41, 5.74) is 4.37. The number of fused-ring (bicyclic) bond motifs is 1. The number of carbonyl (C=O) groups is 1. The molecule has 0 N–H and O–H groups in total. The summed E-state index contributed by atoms with van der Waals surface area (Å²) in [6.07, 6.45) is 3.80. The third kappa shape index (κ3) is 4.15. The van der Waals surface area contributed by atoms with Crippen LogP contribution in [0.5, 0.6) is 0 Å². The highest BCUT2D eigenvalue weighted by molar-refractivity contribution is 5.92. The first-order valence-electron chi connectivity index (χ1n) is 10.9. The van der Waals surface area contributed by atoms with Gasteiger partial charge in [0.15, 0.2) is 5.69 Å². The summed E-state index contributed by atoms with van der Waals surface area (Å²) in [7, 11) is 0. The second-order valence-corrected chi connectivity index (χ2v) is 7.86. The van der Waals surface area contributed by atoms with Gasteiger partial charge < -0.3 is 9.30 Å². The minimum Gasteiger partial charge on any atom is -0.333 e. The van der Waals surface area contributed by atoms with E-state index in [1.807, 2.05) is 72.1 Å². The molecule has 0 bridgehead atoms. The van der Waals surface area contributed by atoms with Crippen molar-refractivity contribution < 1.29 is 9.18 Å². The molecule has 0 aliphatic carbocycles. The van der Waals surface area contributed by atoms with Crippen molar-refractivity contribution in [2.45, 2.75) is 13.5 Å². The van der Waals surface area contributed by atoms with Crippen molar-refractivity contribution in [3.05, 3.63) is 114 Å². The van der Waals surface area contributed by atoms with Gasteiger partial charge in [-0.05, 0) is 60.0 Å². The van der Waals surface area contributed by atoms with Crippen LogP contribution in [0.2, 0.25) is 0 Å². The van der Waals surface area contributed by atoms with Crippen molar-refractivity contribution in [1.82, 2.24) is 19.1 Å². The van der Waals surface area contributed by atoms with Crippen molar-refractivity contribution in [2.75, 3.05) is 6.54 Å². The number of hydrogen-bond donors (Lipinski definition) is 0. The van der Waals surface area contributed by atoms with Crippen LogP contribution in [0.3, 0.4) is 0 Å². The number of hydrogen-bond acceptors (Lipinski definition) is 2. The van der Waals surface area contributed by atoms with Crippen LogP contribution in [-0.4, -0.2) is 31.5 Å². The van der Waals surface area contributed by atoms with Gasteiger partial charge in [-0.2, -0.15) is 5.10 Å². The normalized spacial score (nSPS) is 11.1. The molecular formula is C27H23FN4O. The van der Waals surface area contributed by atoms with Gasteiger partial charge in [-0.3, -0.25) is 4.79 Å². The second kappa shape index (κ2) is 8.74. The molecule has 0 fully saturated rings. The van der Waals surface area contributed by atoms with Gasteiger partial charge in [0.2, 0.25) is 0 Å². The average Bonchev–Trinajstić information content (AvgIpc) is 3.50. The van der Waals surface area contributed by atoms with Gasteiger partial charge >= 0.3 is 0 Å². The summed E-state index contributed by atoms with van der Waals surface area (Å²) in [4.78, 5) is 14.9.